The van der Waals surface area contributed by atoms with Crippen LogP contribution in [0.15, 0.2) is 48.0 Å². The fourth-order valence-electron chi connectivity index (χ4n) is 6.53. The van der Waals surface area contributed by atoms with Crippen LogP contribution in [0.25, 0.3) is 21.7 Å². The second-order valence-electron chi connectivity index (χ2n) is 16.0. The molecule has 3 aromatic heterocycles. The van der Waals surface area contributed by atoms with Gasteiger partial charge in [-0.1, -0.05) is 45.4 Å². The highest BCUT2D eigenvalue weighted by Gasteiger charge is 2.61. The van der Waals surface area contributed by atoms with Gasteiger partial charge < -0.3 is 25.0 Å². The van der Waals surface area contributed by atoms with E-state index in [0.717, 1.165) is 0 Å². The molecule has 2 fully saturated rings. The Balaban J connectivity index is 1.31. The normalized spacial score (nSPS) is 25.3. The van der Waals surface area contributed by atoms with E-state index in [-0.39, 0.29) is 24.8 Å². The molecule has 6 rings (SSSR count). The average Bonchev–Trinajstić information content (AvgIpc) is 3.39. The maximum atomic E-state index is 14.5. The molecule has 3 aliphatic rings. The van der Waals surface area contributed by atoms with Crippen molar-refractivity contribution in [2.45, 2.75) is 109 Å². The number of hydrazine groups is 1. The van der Waals surface area contributed by atoms with Crippen LogP contribution < -0.4 is 26.2 Å². The summed E-state index contributed by atoms with van der Waals surface area (Å²) in [6.07, 6.45) is 6.77. The van der Waals surface area contributed by atoms with Crippen LogP contribution in [0.2, 0.25) is 0 Å². The van der Waals surface area contributed by atoms with Crippen LogP contribution in [-0.2, 0) is 23.9 Å². The van der Waals surface area contributed by atoms with E-state index in [1.807, 2.05) is 29.7 Å². The average molecular weight is 761 g/mol. The zero-order valence-corrected chi connectivity index (χ0v) is 32.2. The Hall–Kier alpha value is -5.12. The molecule has 5 amide bonds. The van der Waals surface area contributed by atoms with E-state index in [1.165, 1.54) is 16.2 Å². The van der Waals surface area contributed by atoms with Crippen LogP contribution in [0.4, 0.5) is 4.79 Å². The standard InChI is InChI=1S/C38H48N8O7S/c1-36(2,3)33(49)44-45-34(50)38-20-22(38)13-9-7-8-10-15-26(41-35(51)53-37(4,5)6)32(48)46-21-23(19-27(46)30(47)43-38)52-31-28-24(16-18-54-28)40-29(42-31)25-14-11-12-17-39-25/h9,11-14,16-18,22-23,26-27H,7-8,10,15,19-21H2,1-6H3,(H,41,51)(H,43,47)(H,44,49)(H,45,50)/b13-9-/t22-,23-,26+,27+,38-/m1/s1. The zero-order valence-electron chi connectivity index (χ0n) is 31.4. The lowest BCUT2D eigenvalue weighted by Crippen LogP contribution is -2.60. The second kappa shape index (κ2) is 15.3. The number of alkyl carbamates (subject to hydrolysis) is 1. The maximum Gasteiger partial charge on any atom is 0.408 e. The number of nitrogens with zero attached hydrogens (tertiary/aromatic N) is 4. The Bertz CT molecular complexity index is 1940. The smallest absolute Gasteiger partial charge is 0.408 e. The number of rotatable bonds is 5. The molecule has 0 radical (unpaired) electrons. The summed E-state index contributed by atoms with van der Waals surface area (Å²) in [5.41, 5.74) is 3.31. The Morgan fingerprint density at radius 1 is 1.04 bits per heavy atom. The van der Waals surface area contributed by atoms with E-state index < -0.39 is 58.6 Å². The highest BCUT2D eigenvalue weighted by Crippen LogP contribution is 2.45. The summed E-state index contributed by atoms with van der Waals surface area (Å²) in [4.78, 5) is 83.3. The quantitative estimate of drug-likeness (QED) is 0.217. The minimum atomic E-state index is -1.35. The van der Waals surface area contributed by atoms with Gasteiger partial charge in [-0.15, -0.1) is 11.3 Å². The van der Waals surface area contributed by atoms with Crippen LogP contribution in [0.5, 0.6) is 5.88 Å². The molecule has 16 heteroatoms. The minimum absolute atomic E-state index is 0.00335. The highest BCUT2D eigenvalue weighted by atomic mass is 32.1. The van der Waals surface area contributed by atoms with Crippen molar-refractivity contribution in [3.8, 4) is 17.4 Å². The maximum absolute atomic E-state index is 14.5. The van der Waals surface area contributed by atoms with Crippen molar-refractivity contribution < 1.29 is 33.4 Å². The van der Waals surface area contributed by atoms with Gasteiger partial charge in [0.15, 0.2) is 5.82 Å². The van der Waals surface area contributed by atoms with Gasteiger partial charge in [0.2, 0.25) is 23.6 Å². The fourth-order valence-corrected chi connectivity index (χ4v) is 7.30. The number of aromatic nitrogens is 3. The summed E-state index contributed by atoms with van der Waals surface area (Å²) in [5, 5.41) is 7.59. The molecule has 5 heterocycles. The molecule has 0 spiro atoms. The van der Waals surface area contributed by atoms with Crippen molar-refractivity contribution in [2.75, 3.05) is 6.54 Å². The van der Waals surface area contributed by atoms with Crippen molar-refractivity contribution in [2.24, 2.45) is 11.3 Å². The van der Waals surface area contributed by atoms with Crippen LogP contribution in [-0.4, -0.2) is 85.4 Å². The lowest BCUT2D eigenvalue weighted by atomic mass is 9.96. The first kappa shape index (κ1) is 38.6. The predicted octanol–water partition coefficient (Wildman–Crippen LogP) is 4.19. The SMILES string of the molecule is CC(C)(C)OC(=O)N[C@H]1CCCC/C=C\[C@@H]2C[C@@]2(C(=O)NNC(=O)C(C)(C)C)NC(=O)[C@@H]2C[C@@H](Oc3nc(-c4ccccn4)nc4ccsc34)CN2C1=O. The van der Waals surface area contributed by atoms with Crippen LogP contribution in [0.3, 0.4) is 0 Å². The Kier molecular flexibility index (Phi) is 11.0. The lowest BCUT2D eigenvalue weighted by Gasteiger charge is -2.30. The molecule has 54 heavy (non-hydrogen) atoms. The van der Waals surface area contributed by atoms with Gasteiger partial charge >= 0.3 is 6.09 Å². The Morgan fingerprint density at radius 3 is 2.56 bits per heavy atom. The molecule has 4 N–H and O–H groups in total. The topological polar surface area (TPSA) is 194 Å². The number of fused-ring (bicyclic) bond motifs is 3. The monoisotopic (exact) mass is 760 g/mol. The fraction of sp³-hybridized carbons (Fsp3) is 0.526. The number of thiophene rings is 1. The van der Waals surface area contributed by atoms with Gasteiger partial charge in [-0.2, -0.15) is 4.98 Å². The van der Waals surface area contributed by atoms with E-state index in [2.05, 4.69) is 31.5 Å². The number of carbonyl (C=O) groups is 5. The second-order valence-corrected chi connectivity index (χ2v) is 16.9. The van der Waals surface area contributed by atoms with Gasteiger partial charge in [0.1, 0.15) is 39.7 Å². The third-order valence-electron chi connectivity index (χ3n) is 9.50. The van der Waals surface area contributed by atoms with Crippen molar-refractivity contribution in [1.82, 2.24) is 41.3 Å². The molecule has 3 aromatic rings. The van der Waals surface area contributed by atoms with Crippen molar-refractivity contribution in [3.05, 3.63) is 48.0 Å². The molecule has 1 saturated heterocycles. The number of carbonyl (C=O) groups excluding carboxylic acids is 5. The van der Waals surface area contributed by atoms with E-state index in [1.54, 1.807) is 59.9 Å². The first-order valence-electron chi connectivity index (χ1n) is 18.3. The number of hydrogen-bond acceptors (Lipinski definition) is 11. The summed E-state index contributed by atoms with van der Waals surface area (Å²) >= 11 is 1.40. The van der Waals surface area contributed by atoms with Crippen molar-refractivity contribution >= 4 is 51.3 Å². The molecule has 288 valence electrons. The van der Waals surface area contributed by atoms with Gasteiger partial charge in [0.05, 0.1) is 12.1 Å². The summed E-state index contributed by atoms with van der Waals surface area (Å²) in [6, 6.07) is 5.23. The Labute approximate surface area is 318 Å². The van der Waals surface area contributed by atoms with E-state index >= 15 is 0 Å². The molecule has 0 bridgehead atoms. The molecular weight excluding hydrogens is 713 g/mol. The third-order valence-corrected chi connectivity index (χ3v) is 10.4. The van der Waals surface area contributed by atoms with Crippen LogP contribution in [0, 0.1) is 11.3 Å². The molecule has 1 saturated carbocycles. The number of ether oxygens (including phenoxy) is 2. The summed E-state index contributed by atoms with van der Waals surface area (Å²) in [7, 11) is 0. The summed E-state index contributed by atoms with van der Waals surface area (Å²) in [5.74, 6) is -1.65. The first-order valence-corrected chi connectivity index (χ1v) is 19.1. The summed E-state index contributed by atoms with van der Waals surface area (Å²) in [6.45, 7) is 10.4. The number of nitrogens with one attached hydrogen (secondary N) is 4. The molecule has 0 aromatic carbocycles. The summed E-state index contributed by atoms with van der Waals surface area (Å²) < 4.78 is 12.7. The largest absolute Gasteiger partial charge is 0.471 e. The first-order chi connectivity index (χ1) is 25.5. The van der Waals surface area contributed by atoms with Crippen molar-refractivity contribution in [1.29, 1.82) is 0 Å². The number of allylic oxidation sites excluding steroid dienone is 1. The molecule has 0 unspecified atom stereocenters. The van der Waals surface area contributed by atoms with E-state index in [9.17, 15) is 24.0 Å². The molecule has 5 atom stereocenters. The highest BCUT2D eigenvalue weighted by molar-refractivity contribution is 7.17. The minimum Gasteiger partial charge on any atom is -0.471 e. The van der Waals surface area contributed by atoms with E-state index in [0.29, 0.717) is 59.7 Å². The van der Waals surface area contributed by atoms with Crippen LogP contribution >= 0.6 is 11.3 Å². The molecule has 2 aliphatic heterocycles. The van der Waals surface area contributed by atoms with Gasteiger partial charge in [-0.05, 0) is 70.0 Å². The van der Waals surface area contributed by atoms with Gasteiger partial charge in [-0.3, -0.25) is 35.0 Å². The van der Waals surface area contributed by atoms with Crippen molar-refractivity contribution in [3.63, 3.8) is 0 Å². The lowest BCUT2D eigenvalue weighted by molar-refractivity contribution is -0.142. The molecule has 1 aliphatic carbocycles. The number of hydrogen-bond donors (Lipinski definition) is 4. The number of pyridine rings is 1. The van der Waals surface area contributed by atoms with Gasteiger partial charge in [-0.25, -0.2) is 9.78 Å². The molecular formula is C38H48N8O7S. The zero-order chi connectivity index (χ0) is 38.8. The predicted molar refractivity (Wildman–Crippen MR) is 201 cm³/mol. The van der Waals surface area contributed by atoms with Gasteiger partial charge in [0.25, 0.3) is 5.91 Å². The Morgan fingerprint density at radius 2 is 1.83 bits per heavy atom. The number of amides is 5. The third kappa shape index (κ3) is 8.80. The van der Waals surface area contributed by atoms with E-state index in [4.69, 9.17) is 14.5 Å². The van der Waals surface area contributed by atoms with Crippen LogP contribution in [0.1, 0.15) is 80.1 Å². The molecule has 15 nitrogen and oxygen atoms in total. The van der Waals surface area contributed by atoms with Gasteiger partial charge in [0, 0.05) is 24.0 Å².